The predicted octanol–water partition coefficient (Wildman–Crippen LogP) is 2.82. The summed E-state index contributed by atoms with van der Waals surface area (Å²) in [5, 5.41) is 0. The van der Waals surface area contributed by atoms with Crippen molar-refractivity contribution < 1.29 is 26.3 Å². The van der Waals surface area contributed by atoms with E-state index in [1.165, 1.54) is 29.5 Å². The van der Waals surface area contributed by atoms with Crippen LogP contribution in [0.4, 0.5) is 13.2 Å². The third kappa shape index (κ3) is 4.14. The van der Waals surface area contributed by atoms with Gasteiger partial charge in [0.2, 0.25) is 5.88 Å². The molecule has 0 N–H and O–H groups in total. The molecule has 0 radical (unpaired) electrons. The number of hydrogen-bond donors (Lipinski definition) is 0. The van der Waals surface area contributed by atoms with Crippen molar-refractivity contribution in [1.82, 2.24) is 4.98 Å². The molecule has 10 heteroatoms. The molecule has 0 unspecified atom stereocenters. The zero-order valence-electron chi connectivity index (χ0n) is 8.05. The van der Waals surface area contributed by atoms with Crippen LogP contribution < -0.4 is 4.74 Å². The Morgan fingerprint density at radius 2 is 2.00 bits per heavy atom. The van der Waals surface area contributed by atoms with E-state index in [0.717, 1.165) is 6.07 Å². The van der Waals surface area contributed by atoms with Gasteiger partial charge in [0.25, 0.3) is 9.05 Å². The minimum absolute atomic E-state index is 0.0453. The van der Waals surface area contributed by atoms with Gasteiger partial charge in [-0.2, -0.15) is 0 Å². The van der Waals surface area contributed by atoms with E-state index >= 15 is 0 Å². The summed E-state index contributed by atoms with van der Waals surface area (Å²) in [7, 11) is 0.925. The summed E-state index contributed by atoms with van der Waals surface area (Å²) in [5.74, 6) is -0.836. The highest BCUT2D eigenvalue weighted by Gasteiger charge is 2.34. The maximum atomic E-state index is 12.0. The second-order valence-corrected chi connectivity index (χ2v) is 6.48. The van der Waals surface area contributed by atoms with E-state index < -0.39 is 26.2 Å². The van der Waals surface area contributed by atoms with Crippen LogP contribution in [-0.2, 0) is 9.05 Å². The third-order valence-electron chi connectivity index (χ3n) is 1.50. The fraction of sp³-hybridized carbons (Fsp3) is 0.286. The molecule has 1 aromatic heterocycles. The number of nitrogens with zero attached hydrogens (tertiary/aromatic N) is 1. The van der Waals surface area contributed by atoms with E-state index in [4.69, 9.17) is 10.7 Å². The first kappa shape index (κ1) is 14.8. The number of alkyl halides is 3. The van der Waals surface area contributed by atoms with Gasteiger partial charge in [-0.25, -0.2) is 13.4 Å². The van der Waals surface area contributed by atoms with Crippen LogP contribution in [0.3, 0.4) is 0 Å². The van der Waals surface area contributed by atoms with Gasteiger partial charge < -0.3 is 4.74 Å². The Hall–Kier alpha value is -0.290. The zero-order valence-corrected chi connectivity index (χ0v) is 11.8. The van der Waals surface area contributed by atoms with Gasteiger partial charge in [0.05, 0.1) is 3.57 Å². The molecule has 0 aromatic carbocycles. The number of aryl methyl sites for hydroxylation is 1. The summed E-state index contributed by atoms with van der Waals surface area (Å²) in [6, 6.07) is 1.06. The molecule has 0 aliphatic rings. The Kier molecular flexibility index (Phi) is 4.14. The van der Waals surface area contributed by atoms with Crippen molar-refractivity contribution in [3.63, 3.8) is 0 Å². The largest absolute Gasteiger partial charge is 0.574 e. The van der Waals surface area contributed by atoms with Gasteiger partial charge in [0, 0.05) is 16.4 Å². The molecular weight excluding hydrogens is 397 g/mol. The molecule has 0 saturated carbocycles. The summed E-state index contributed by atoms with van der Waals surface area (Å²) >= 11 is 1.37. The second-order valence-electron chi connectivity index (χ2n) is 2.87. The first-order valence-electron chi connectivity index (χ1n) is 3.88. The molecule has 17 heavy (non-hydrogen) atoms. The number of hydrogen-bond acceptors (Lipinski definition) is 4. The standard InChI is InChI=1S/C7H4ClF3INO3S/c1-3-2-4(17(8,14)15)5(12)6(13-3)16-7(9,10)11/h2H,1H3. The van der Waals surface area contributed by atoms with E-state index in [2.05, 4.69) is 9.72 Å². The molecule has 1 aromatic rings. The number of halogens is 5. The van der Waals surface area contributed by atoms with Crippen molar-refractivity contribution in [2.45, 2.75) is 18.2 Å². The Balaban J connectivity index is 3.40. The highest BCUT2D eigenvalue weighted by atomic mass is 127. The number of aromatic nitrogens is 1. The van der Waals surface area contributed by atoms with Gasteiger partial charge in [0.1, 0.15) is 4.90 Å². The summed E-state index contributed by atoms with van der Waals surface area (Å²) in [5.41, 5.74) is 0.0453. The highest BCUT2D eigenvalue weighted by Crippen LogP contribution is 2.32. The molecule has 4 nitrogen and oxygen atoms in total. The van der Waals surface area contributed by atoms with Crippen LogP contribution in [0.25, 0.3) is 0 Å². The van der Waals surface area contributed by atoms with Crippen LogP contribution >= 0.6 is 33.3 Å². The monoisotopic (exact) mass is 401 g/mol. The summed E-state index contributed by atoms with van der Waals surface area (Å²) in [6.45, 7) is 1.32. The second kappa shape index (κ2) is 4.76. The average molecular weight is 402 g/mol. The highest BCUT2D eigenvalue weighted by molar-refractivity contribution is 14.1. The predicted molar refractivity (Wildman–Crippen MR) is 61.4 cm³/mol. The number of ether oxygens (including phenoxy) is 1. The molecule has 0 fully saturated rings. The smallest absolute Gasteiger partial charge is 0.387 e. The van der Waals surface area contributed by atoms with E-state index in [9.17, 15) is 21.6 Å². The van der Waals surface area contributed by atoms with Crippen LogP contribution in [0.1, 0.15) is 5.69 Å². The molecule has 0 atom stereocenters. The Morgan fingerprint density at radius 1 is 1.47 bits per heavy atom. The van der Waals surface area contributed by atoms with Crippen LogP contribution in [0.5, 0.6) is 5.88 Å². The van der Waals surface area contributed by atoms with Crippen LogP contribution in [0.15, 0.2) is 11.0 Å². The van der Waals surface area contributed by atoms with Gasteiger partial charge in [-0.15, -0.1) is 13.2 Å². The topological polar surface area (TPSA) is 56.3 Å². The normalized spacial score (nSPS) is 12.6. The fourth-order valence-electron chi connectivity index (χ4n) is 0.955. The van der Waals surface area contributed by atoms with Crippen LogP contribution in [0.2, 0.25) is 0 Å². The van der Waals surface area contributed by atoms with E-state index in [-0.39, 0.29) is 9.26 Å². The van der Waals surface area contributed by atoms with Gasteiger partial charge >= 0.3 is 6.36 Å². The lowest BCUT2D eigenvalue weighted by molar-refractivity contribution is -0.276. The molecule has 96 valence electrons. The maximum Gasteiger partial charge on any atom is 0.574 e. The van der Waals surface area contributed by atoms with Crippen molar-refractivity contribution in [1.29, 1.82) is 0 Å². The first-order valence-corrected chi connectivity index (χ1v) is 7.27. The third-order valence-corrected chi connectivity index (χ3v) is 4.25. The summed E-state index contributed by atoms with van der Waals surface area (Å²) < 4.78 is 61.6. The Labute approximate surface area is 113 Å². The van der Waals surface area contributed by atoms with Gasteiger partial charge in [0.15, 0.2) is 0 Å². The lowest BCUT2D eigenvalue weighted by Crippen LogP contribution is -2.19. The van der Waals surface area contributed by atoms with Crippen molar-refractivity contribution in [2.75, 3.05) is 0 Å². The zero-order chi connectivity index (χ0) is 13.4. The van der Waals surface area contributed by atoms with E-state index in [1.807, 2.05) is 0 Å². The van der Waals surface area contributed by atoms with Crippen LogP contribution in [0, 0.1) is 10.5 Å². The minimum Gasteiger partial charge on any atom is -0.387 e. The first-order chi connectivity index (χ1) is 7.50. The minimum atomic E-state index is -4.95. The van der Waals surface area contributed by atoms with Gasteiger partial charge in [-0.3, -0.25) is 0 Å². The van der Waals surface area contributed by atoms with Crippen molar-refractivity contribution in [3.05, 3.63) is 15.3 Å². The molecule has 0 aliphatic heterocycles. The average Bonchev–Trinajstić information content (AvgIpc) is 2.06. The summed E-state index contributed by atoms with van der Waals surface area (Å²) in [4.78, 5) is 2.99. The molecule has 1 rings (SSSR count). The molecule has 0 amide bonds. The number of rotatable bonds is 2. The Morgan fingerprint density at radius 3 is 2.41 bits per heavy atom. The lowest BCUT2D eigenvalue weighted by atomic mass is 10.4. The van der Waals surface area contributed by atoms with E-state index in [0.29, 0.717) is 0 Å². The molecule has 0 aliphatic carbocycles. The number of pyridine rings is 1. The fourth-order valence-corrected chi connectivity index (χ4v) is 3.58. The molecule has 1 heterocycles. The van der Waals surface area contributed by atoms with Crippen molar-refractivity contribution >= 4 is 42.3 Å². The van der Waals surface area contributed by atoms with Crippen molar-refractivity contribution in [3.8, 4) is 5.88 Å². The van der Waals surface area contributed by atoms with Crippen molar-refractivity contribution in [2.24, 2.45) is 0 Å². The van der Waals surface area contributed by atoms with Gasteiger partial charge in [-0.05, 0) is 35.6 Å². The molecule has 0 spiro atoms. The molecule has 0 saturated heterocycles. The molecular formula is C7H4ClF3INO3S. The summed E-state index contributed by atoms with van der Waals surface area (Å²) in [6.07, 6.45) is -4.95. The Bertz CT molecular complexity index is 546. The maximum absolute atomic E-state index is 12.0. The lowest BCUT2D eigenvalue weighted by Gasteiger charge is -2.11. The SMILES string of the molecule is Cc1cc(S(=O)(=O)Cl)c(I)c(OC(F)(F)F)n1. The van der Waals surface area contributed by atoms with Gasteiger partial charge in [-0.1, -0.05) is 0 Å². The van der Waals surface area contributed by atoms with Crippen LogP contribution in [-0.4, -0.2) is 19.8 Å². The quantitative estimate of drug-likeness (QED) is 0.565. The van der Waals surface area contributed by atoms with E-state index in [1.54, 1.807) is 0 Å². The molecule has 0 bridgehead atoms.